The highest BCUT2D eigenvalue weighted by Crippen LogP contribution is 2.31. The molecule has 0 radical (unpaired) electrons. The van der Waals surface area contributed by atoms with Crippen LogP contribution in [0.1, 0.15) is 37.3 Å². The van der Waals surface area contributed by atoms with Gasteiger partial charge in [0.05, 0.1) is 0 Å². The topological polar surface area (TPSA) is 12.9 Å². The normalized spacial score (nSPS) is 10.4. The van der Waals surface area contributed by atoms with Gasteiger partial charge < -0.3 is 0 Å². The van der Waals surface area contributed by atoms with Crippen molar-refractivity contribution in [3.8, 4) is 0 Å². The summed E-state index contributed by atoms with van der Waals surface area (Å²) in [4.78, 5) is 5.36. The quantitative estimate of drug-likeness (QED) is 0.486. The molecule has 20 heavy (non-hydrogen) atoms. The molecule has 2 heteroatoms. The number of aromatic nitrogens is 1. The number of nitrogens with zero attached hydrogens (tertiary/aromatic N) is 1. The summed E-state index contributed by atoms with van der Waals surface area (Å²) in [6, 6.07) is 14.7. The Kier molecular flexibility index (Phi) is 5.87. The van der Waals surface area contributed by atoms with E-state index in [1.807, 2.05) is 24.4 Å². The van der Waals surface area contributed by atoms with Crippen molar-refractivity contribution in [1.82, 2.24) is 4.98 Å². The number of unbranched alkanes of at least 4 members (excludes halogenated alkanes) is 2. The average Bonchev–Trinajstić information content (AvgIpc) is 2.49. The summed E-state index contributed by atoms with van der Waals surface area (Å²) < 4.78 is 0. The van der Waals surface area contributed by atoms with E-state index >= 15 is 0 Å². The van der Waals surface area contributed by atoms with Crippen LogP contribution in [0, 0.1) is 0 Å². The Morgan fingerprint density at radius 1 is 1.10 bits per heavy atom. The van der Waals surface area contributed by atoms with E-state index in [9.17, 15) is 0 Å². The minimum absolute atomic E-state index is 0.990. The van der Waals surface area contributed by atoms with Crippen molar-refractivity contribution in [2.24, 2.45) is 0 Å². The van der Waals surface area contributed by atoms with E-state index < -0.39 is 0 Å². The van der Waals surface area contributed by atoms with Crippen LogP contribution < -0.4 is 0 Å². The fourth-order valence-corrected chi connectivity index (χ4v) is 2.80. The van der Waals surface area contributed by atoms with Crippen LogP contribution in [0.3, 0.4) is 0 Å². The lowest BCUT2D eigenvalue weighted by molar-refractivity contribution is 0.717. The molecule has 0 aliphatic carbocycles. The molecule has 1 aromatic carbocycles. The molecule has 0 amide bonds. The highest BCUT2D eigenvalue weighted by Gasteiger charge is 2.02. The van der Waals surface area contributed by atoms with Crippen LogP contribution in [0.15, 0.2) is 60.3 Å². The molecule has 2 rings (SSSR count). The molecule has 1 nitrogen and oxygen atoms in total. The lowest BCUT2D eigenvalue weighted by Crippen LogP contribution is -1.87. The molecule has 0 spiro atoms. The van der Waals surface area contributed by atoms with Gasteiger partial charge in [0, 0.05) is 11.1 Å². The van der Waals surface area contributed by atoms with Gasteiger partial charge in [-0.1, -0.05) is 68.4 Å². The molecule has 0 saturated heterocycles. The highest BCUT2D eigenvalue weighted by atomic mass is 32.2. The van der Waals surface area contributed by atoms with Gasteiger partial charge in [-0.15, -0.1) is 0 Å². The van der Waals surface area contributed by atoms with Crippen LogP contribution >= 0.6 is 11.8 Å². The summed E-state index contributed by atoms with van der Waals surface area (Å²) in [7, 11) is 0. The first-order chi connectivity index (χ1) is 9.79. The standard InChI is InChI=1S/C18H21NS/c1-3-4-5-8-16-10-12-17(13-11-16)15(2)20-18-9-6-7-14-19-18/h6-7,9-14H,2-5,8H2,1H3. The Morgan fingerprint density at radius 3 is 2.55 bits per heavy atom. The molecule has 0 saturated carbocycles. The third kappa shape index (κ3) is 4.53. The van der Waals surface area contributed by atoms with Crippen molar-refractivity contribution in [2.45, 2.75) is 37.6 Å². The first kappa shape index (κ1) is 14.9. The zero-order valence-electron chi connectivity index (χ0n) is 12.0. The van der Waals surface area contributed by atoms with E-state index in [0.717, 1.165) is 9.93 Å². The molecule has 104 valence electrons. The molecule has 2 aromatic rings. The second-order valence-electron chi connectivity index (χ2n) is 4.85. The zero-order chi connectivity index (χ0) is 14.2. The number of rotatable bonds is 7. The number of aryl methyl sites for hydroxylation is 1. The first-order valence-corrected chi connectivity index (χ1v) is 7.98. The molecule has 0 bridgehead atoms. The molecule has 0 unspecified atom stereocenters. The Labute approximate surface area is 126 Å². The predicted molar refractivity (Wildman–Crippen MR) is 88.8 cm³/mol. The van der Waals surface area contributed by atoms with Crippen molar-refractivity contribution < 1.29 is 0 Å². The van der Waals surface area contributed by atoms with Gasteiger partial charge in [0.25, 0.3) is 0 Å². The van der Waals surface area contributed by atoms with Crippen molar-refractivity contribution >= 4 is 16.7 Å². The van der Waals surface area contributed by atoms with Crippen molar-refractivity contribution in [1.29, 1.82) is 0 Å². The second kappa shape index (κ2) is 7.91. The average molecular weight is 283 g/mol. The van der Waals surface area contributed by atoms with E-state index in [-0.39, 0.29) is 0 Å². The third-order valence-electron chi connectivity index (χ3n) is 3.21. The lowest BCUT2D eigenvalue weighted by atomic mass is 10.1. The monoisotopic (exact) mass is 283 g/mol. The van der Waals surface area contributed by atoms with Crippen LogP contribution in [0.2, 0.25) is 0 Å². The van der Waals surface area contributed by atoms with E-state index in [4.69, 9.17) is 0 Å². The van der Waals surface area contributed by atoms with E-state index in [2.05, 4.69) is 42.8 Å². The van der Waals surface area contributed by atoms with Crippen molar-refractivity contribution in [3.05, 3.63) is 66.4 Å². The number of pyridine rings is 1. The Bertz CT molecular complexity index is 531. The molecule has 0 aliphatic heterocycles. The van der Waals surface area contributed by atoms with Gasteiger partial charge in [-0.2, -0.15) is 0 Å². The van der Waals surface area contributed by atoms with Gasteiger partial charge in [-0.25, -0.2) is 4.98 Å². The summed E-state index contributed by atoms with van der Waals surface area (Å²) in [6.07, 6.45) is 6.85. The van der Waals surface area contributed by atoms with Gasteiger partial charge in [0.15, 0.2) is 0 Å². The number of thioether (sulfide) groups is 1. The second-order valence-corrected chi connectivity index (χ2v) is 5.96. The smallest absolute Gasteiger partial charge is 0.101 e. The van der Waals surface area contributed by atoms with Gasteiger partial charge in [0.2, 0.25) is 0 Å². The van der Waals surface area contributed by atoms with Crippen LogP contribution in [0.25, 0.3) is 4.91 Å². The molecule has 1 heterocycles. The van der Waals surface area contributed by atoms with Gasteiger partial charge >= 0.3 is 0 Å². The minimum atomic E-state index is 0.990. The molecular weight excluding hydrogens is 262 g/mol. The summed E-state index contributed by atoms with van der Waals surface area (Å²) in [5.74, 6) is 0. The van der Waals surface area contributed by atoms with Crippen molar-refractivity contribution in [3.63, 3.8) is 0 Å². The van der Waals surface area contributed by atoms with Gasteiger partial charge in [0.1, 0.15) is 5.03 Å². The number of hydrogen-bond donors (Lipinski definition) is 0. The number of benzene rings is 1. The molecule has 0 atom stereocenters. The maximum Gasteiger partial charge on any atom is 0.101 e. The Hall–Kier alpha value is -1.54. The fraction of sp³-hybridized carbons (Fsp3) is 0.278. The lowest BCUT2D eigenvalue weighted by Gasteiger charge is -2.06. The van der Waals surface area contributed by atoms with Crippen LogP contribution in [-0.2, 0) is 6.42 Å². The third-order valence-corrected chi connectivity index (χ3v) is 4.14. The van der Waals surface area contributed by atoms with Crippen LogP contribution in [0.5, 0.6) is 0 Å². The Morgan fingerprint density at radius 2 is 1.90 bits per heavy atom. The SMILES string of the molecule is C=C(Sc1ccccn1)c1ccc(CCCCC)cc1. The molecule has 0 fully saturated rings. The largest absolute Gasteiger partial charge is 0.250 e. The van der Waals surface area contributed by atoms with Gasteiger partial charge in [-0.3, -0.25) is 0 Å². The maximum absolute atomic E-state index is 4.31. The molecule has 1 aromatic heterocycles. The number of hydrogen-bond acceptors (Lipinski definition) is 2. The molecule has 0 aliphatic rings. The maximum atomic E-state index is 4.31. The summed E-state index contributed by atoms with van der Waals surface area (Å²) in [5.41, 5.74) is 2.60. The van der Waals surface area contributed by atoms with E-state index in [1.165, 1.54) is 36.8 Å². The van der Waals surface area contributed by atoms with Crippen molar-refractivity contribution in [2.75, 3.05) is 0 Å². The van der Waals surface area contributed by atoms with E-state index in [1.54, 1.807) is 11.8 Å². The molecule has 0 N–H and O–H groups in total. The highest BCUT2D eigenvalue weighted by molar-refractivity contribution is 8.08. The summed E-state index contributed by atoms with van der Waals surface area (Å²) >= 11 is 1.62. The minimum Gasteiger partial charge on any atom is -0.250 e. The summed E-state index contributed by atoms with van der Waals surface area (Å²) in [6.45, 7) is 6.39. The first-order valence-electron chi connectivity index (χ1n) is 7.16. The fourth-order valence-electron chi connectivity index (χ4n) is 2.03. The van der Waals surface area contributed by atoms with Crippen LogP contribution in [-0.4, -0.2) is 4.98 Å². The Balaban J connectivity index is 1.94. The van der Waals surface area contributed by atoms with Crippen LogP contribution in [0.4, 0.5) is 0 Å². The summed E-state index contributed by atoms with van der Waals surface area (Å²) in [5, 5.41) is 0.990. The zero-order valence-corrected chi connectivity index (χ0v) is 12.8. The van der Waals surface area contributed by atoms with E-state index in [0.29, 0.717) is 0 Å². The van der Waals surface area contributed by atoms with Gasteiger partial charge in [-0.05, 0) is 36.1 Å². The molecular formula is C18H21NS. The predicted octanol–water partition coefficient (Wildman–Crippen LogP) is 5.58.